The molecule has 0 saturated heterocycles. The van der Waals surface area contributed by atoms with E-state index in [0.29, 0.717) is 11.3 Å². The molecule has 0 amide bonds. The molecule has 0 saturated carbocycles. The van der Waals surface area contributed by atoms with E-state index in [1.807, 2.05) is 0 Å². The molecule has 0 heterocycles. The molecule has 0 bridgehead atoms. The van der Waals surface area contributed by atoms with Gasteiger partial charge in [0, 0.05) is 11.3 Å². The van der Waals surface area contributed by atoms with Crippen LogP contribution in [0.15, 0.2) is 24.3 Å². The molecule has 3 heteroatoms. The Morgan fingerprint density at radius 3 is 2.67 bits per heavy atom. The largest absolute Gasteiger partial charge is 0.399 e. The van der Waals surface area contributed by atoms with Crippen molar-refractivity contribution in [2.75, 3.05) is 5.73 Å². The van der Waals surface area contributed by atoms with Gasteiger partial charge in [-0.25, -0.2) is 0 Å². The van der Waals surface area contributed by atoms with E-state index in [4.69, 9.17) is 11.5 Å². The topological polar surface area (TPSA) is 69.1 Å². The van der Waals surface area contributed by atoms with Crippen LogP contribution >= 0.6 is 0 Å². The molecule has 1 atom stereocenters. The number of Topliss-reactive ketones (excluding diaryl/α,β-unsaturated/α-hetero) is 1. The number of hydrogen-bond donors (Lipinski definition) is 2. The van der Waals surface area contributed by atoms with Crippen molar-refractivity contribution in [3.63, 3.8) is 0 Å². The summed E-state index contributed by atoms with van der Waals surface area (Å²) in [6.07, 6.45) is 0. The Kier molecular flexibility index (Phi) is 2.45. The first-order chi connectivity index (χ1) is 5.61. The molecule has 1 aromatic rings. The van der Waals surface area contributed by atoms with Gasteiger partial charge in [0.15, 0.2) is 5.78 Å². The van der Waals surface area contributed by atoms with E-state index in [0.717, 1.165) is 0 Å². The fourth-order valence-electron chi connectivity index (χ4n) is 0.955. The lowest BCUT2D eigenvalue weighted by molar-refractivity contribution is 0.0968. The molecule has 3 nitrogen and oxygen atoms in total. The second-order valence-corrected chi connectivity index (χ2v) is 2.78. The van der Waals surface area contributed by atoms with Gasteiger partial charge in [0.1, 0.15) is 0 Å². The molecule has 1 aromatic carbocycles. The van der Waals surface area contributed by atoms with Crippen LogP contribution in [-0.2, 0) is 0 Å². The molecule has 0 radical (unpaired) electrons. The number of ketones is 1. The number of nitrogen functional groups attached to an aromatic ring is 1. The summed E-state index contributed by atoms with van der Waals surface area (Å²) in [5.74, 6) is -0.0812. The average molecular weight is 164 g/mol. The van der Waals surface area contributed by atoms with Gasteiger partial charge in [-0.3, -0.25) is 4.79 Å². The van der Waals surface area contributed by atoms with Gasteiger partial charge in [-0.05, 0) is 19.1 Å². The Morgan fingerprint density at radius 1 is 1.50 bits per heavy atom. The van der Waals surface area contributed by atoms with Gasteiger partial charge in [0.25, 0.3) is 0 Å². The zero-order valence-corrected chi connectivity index (χ0v) is 6.95. The molecule has 0 aliphatic carbocycles. The molecule has 0 fully saturated rings. The second-order valence-electron chi connectivity index (χ2n) is 2.78. The molecule has 0 aliphatic rings. The number of carbonyl (C=O) groups is 1. The Bertz CT molecular complexity index is 294. The Balaban J connectivity index is 2.96. The van der Waals surface area contributed by atoms with E-state index in [1.54, 1.807) is 31.2 Å². The number of rotatable bonds is 2. The highest BCUT2D eigenvalue weighted by Gasteiger charge is 2.09. The summed E-state index contributed by atoms with van der Waals surface area (Å²) >= 11 is 0. The van der Waals surface area contributed by atoms with Crippen molar-refractivity contribution in [1.29, 1.82) is 0 Å². The predicted octanol–water partition coefficient (Wildman–Crippen LogP) is 0.799. The van der Waals surface area contributed by atoms with Crippen molar-refractivity contribution in [3.05, 3.63) is 29.8 Å². The molecule has 0 aromatic heterocycles. The van der Waals surface area contributed by atoms with Crippen molar-refractivity contribution < 1.29 is 4.79 Å². The Hall–Kier alpha value is -1.35. The lowest BCUT2D eigenvalue weighted by Crippen LogP contribution is -2.26. The van der Waals surface area contributed by atoms with Crippen LogP contribution in [0.1, 0.15) is 17.3 Å². The summed E-state index contributed by atoms with van der Waals surface area (Å²) < 4.78 is 0. The quantitative estimate of drug-likeness (QED) is 0.501. The third-order valence-corrected chi connectivity index (χ3v) is 1.58. The highest BCUT2D eigenvalue weighted by molar-refractivity contribution is 6.00. The Morgan fingerprint density at radius 2 is 2.17 bits per heavy atom. The first-order valence-corrected chi connectivity index (χ1v) is 3.76. The fourth-order valence-corrected chi connectivity index (χ4v) is 0.955. The van der Waals surface area contributed by atoms with Gasteiger partial charge in [0.2, 0.25) is 0 Å². The average Bonchev–Trinajstić information content (AvgIpc) is 2.03. The lowest BCUT2D eigenvalue weighted by Gasteiger charge is -2.04. The molecule has 4 N–H and O–H groups in total. The molecule has 0 spiro atoms. The molecule has 1 unspecified atom stereocenters. The van der Waals surface area contributed by atoms with E-state index in [1.165, 1.54) is 0 Å². The van der Waals surface area contributed by atoms with E-state index in [2.05, 4.69) is 0 Å². The normalized spacial score (nSPS) is 12.5. The van der Waals surface area contributed by atoms with Crippen LogP contribution in [0.5, 0.6) is 0 Å². The first-order valence-electron chi connectivity index (χ1n) is 3.76. The number of anilines is 1. The molecular weight excluding hydrogens is 152 g/mol. The van der Waals surface area contributed by atoms with E-state index >= 15 is 0 Å². The van der Waals surface area contributed by atoms with Crippen molar-refractivity contribution in [2.24, 2.45) is 5.73 Å². The van der Waals surface area contributed by atoms with Crippen LogP contribution in [0.2, 0.25) is 0 Å². The van der Waals surface area contributed by atoms with Crippen LogP contribution in [0, 0.1) is 0 Å². The molecule has 64 valence electrons. The third-order valence-electron chi connectivity index (χ3n) is 1.58. The lowest BCUT2D eigenvalue weighted by atomic mass is 10.1. The maximum Gasteiger partial charge on any atom is 0.179 e. The third kappa shape index (κ3) is 1.83. The number of carbonyl (C=O) groups excluding carboxylic acids is 1. The van der Waals surface area contributed by atoms with E-state index in [-0.39, 0.29) is 5.78 Å². The summed E-state index contributed by atoms with van der Waals surface area (Å²) in [4.78, 5) is 11.3. The van der Waals surface area contributed by atoms with Crippen molar-refractivity contribution in [1.82, 2.24) is 0 Å². The zero-order chi connectivity index (χ0) is 9.14. The van der Waals surface area contributed by atoms with Gasteiger partial charge in [-0.15, -0.1) is 0 Å². The molecular formula is C9H12N2O. The maximum atomic E-state index is 11.3. The van der Waals surface area contributed by atoms with Gasteiger partial charge >= 0.3 is 0 Å². The minimum atomic E-state index is -0.466. The fraction of sp³-hybridized carbons (Fsp3) is 0.222. The summed E-state index contributed by atoms with van der Waals surface area (Å²) in [6.45, 7) is 1.66. The summed E-state index contributed by atoms with van der Waals surface area (Å²) in [5.41, 5.74) is 12.1. The predicted molar refractivity (Wildman–Crippen MR) is 48.8 cm³/mol. The van der Waals surface area contributed by atoms with Crippen molar-refractivity contribution >= 4 is 11.5 Å². The van der Waals surface area contributed by atoms with Gasteiger partial charge in [-0.2, -0.15) is 0 Å². The SMILES string of the molecule is CC(N)C(=O)c1cccc(N)c1. The van der Waals surface area contributed by atoms with Gasteiger partial charge < -0.3 is 11.5 Å². The van der Waals surface area contributed by atoms with Crippen LogP contribution < -0.4 is 11.5 Å². The van der Waals surface area contributed by atoms with E-state index < -0.39 is 6.04 Å². The zero-order valence-electron chi connectivity index (χ0n) is 6.95. The number of nitrogens with two attached hydrogens (primary N) is 2. The highest BCUT2D eigenvalue weighted by atomic mass is 16.1. The van der Waals surface area contributed by atoms with Gasteiger partial charge in [-0.1, -0.05) is 12.1 Å². The monoisotopic (exact) mass is 164 g/mol. The summed E-state index contributed by atoms with van der Waals surface area (Å²) in [6, 6.07) is 6.35. The van der Waals surface area contributed by atoms with Crippen LogP contribution in [0.25, 0.3) is 0 Å². The molecule has 1 rings (SSSR count). The minimum absolute atomic E-state index is 0.0812. The van der Waals surface area contributed by atoms with Crippen LogP contribution in [0.4, 0.5) is 5.69 Å². The van der Waals surface area contributed by atoms with Crippen LogP contribution in [-0.4, -0.2) is 11.8 Å². The van der Waals surface area contributed by atoms with E-state index in [9.17, 15) is 4.79 Å². The second kappa shape index (κ2) is 3.36. The smallest absolute Gasteiger partial charge is 0.179 e. The highest BCUT2D eigenvalue weighted by Crippen LogP contribution is 2.08. The standard InChI is InChI=1S/C9H12N2O/c1-6(10)9(12)7-3-2-4-8(11)5-7/h2-6H,10-11H2,1H3. The van der Waals surface area contributed by atoms with Crippen molar-refractivity contribution in [3.8, 4) is 0 Å². The maximum absolute atomic E-state index is 11.3. The van der Waals surface area contributed by atoms with Crippen LogP contribution in [0.3, 0.4) is 0 Å². The molecule has 0 aliphatic heterocycles. The number of hydrogen-bond acceptors (Lipinski definition) is 3. The first kappa shape index (κ1) is 8.74. The summed E-state index contributed by atoms with van der Waals surface area (Å²) in [5, 5.41) is 0. The minimum Gasteiger partial charge on any atom is -0.399 e. The molecule has 12 heavy (non-hydrogen) atoms. The number of benzene rings is 1. The summed E-state index contributed by atoms with van der Waals surface area (Å²) in [7, 11) is 0. The Labute approximate surface area is 71.4 Å². The van der Waals surface area contributed by atoms with Crippen molar-refractivity contribution in [2.45, 2.75) is 13.0 Å². The van der Waals surface area contributed by atoms with Gasteiger partial charge in [0.05, 0.1) is 6.04 Å².